The summed E-state index contributed by atoms with van der Waals surface area (Å²) in [5.41, 5.74) is 0. The Bertz CT molecular complexity index is 1700. The van der Waals surface area contributed by atoms with Crippen LogP contribution in [0.25, 0.3) is 0 Å². The molecule has 1 fully saturated rings. The van der Waals surface area contributed by atoms with Gasteiger partial charge >= 0.3 is 23.9 Å². The van der Waals surface area contributed by atoms with Crippen LogP contribution in [0.2, 0.25) is 0 Å². The van der Waals surface area contributed by atoms with Gasteiger partial charge in [0.05, 0.1) is 6.61 Å². The fraction of sp³-hybridized carbons (Fsp3) is 0.731. The first-order valence-electron chi connectivity index (χ1n) is 31.6. The highest BCUT2D eigenvalue weighted by Crippen LogP contribution is 2.26. The molecule has 6 unspecified atom stereocenters. The third-order valence-corrected chi connectivity index (χ3v) is 13.9. The molecule has 0 aromatic carbocycles. The van der Waals surface area contributed by atoms with Crippen molar-refractivity contribution in [2.75, 3.05) is 13.2 Å². The molecule has 79 heavy (non-hydrogen) atoms. The van der Waals surface area contributed by atoms with Crippen LogP contribution in [0, 0.1) is 0 Å². The van der Waals surface area contributed by atoms with Gasteiger partial charge in [0.1, 0.15) is 18.8 Å². The number of esters is 3. The van der Waals surface area contributed by atoms with Crippen molar-refractivity contribution in [2.24, 2.45) is 0 Å². The van der Waals surface area contributed by atoms with Gasteiger partial charge in [-0.15, -0.1) is 0 Å². The van der Waals surface area contributed by atoms with Crippen molar-refractivity contribution in [2.45, 2.75) is 302 Å². The van der Waals surface area contributed by atoms with Gasteiger partial charge in [-0.2, -0.15) is 0 Å². The number of hydrogen-bond donors (Lipinski definition) is 3. The largest absolute Gasteiger partial charge is 0.479 e. The van der Waals surface area contributed by atoms with Crippen LogP contribution < -0.4 is 0 Å². The number of hydrogen-bond acceptors (Lipinski definition) is 11. The van der Waals surface area contributed by atoms with Crippen LogP contribution >= 0.6 is 0 Å². The normalized spacial score (nSPS) is 18.4. The molecule has 6 atom stereocenters. The van der Waals surface area contributed by atoms with Crippen molar-refractivity contribution in [1.29, 1.82) is 0 Å². The summed E-state index contributed by atoms with van der Waals surface area (Å²) in [6.45, 7) is 5.87. The second-order valence-corrected chi connectivity index (χ2v) is 21.3. The smallest absolute Gasteiger partial charge is 0.335 e. The number of unbranched alkanes of at least 4 members (excludes halogenated alkanes) is 25. The summed E-state index contributed by atoms with van der Waals surface area (Å²) in [6.07, 6.45) is 58.2. The van der Waals surface area contributed by atoms with Crippen molar-refractivity contribution in [3.63, 3.8) is 0 Å². The van der Waals surface area contributed by atoms with Gasteiger partial charge in [0.25, 0.3) is 0 Å². The fourth-order valence-corrected chi connectivity index (χ4v) is 9.03. The highest BCUT2D eigenvalue weighted by atomic mass is 16.7. The molecule has 1 aliphatic heterocycles. The number of allylic oxidation sites excluding steroid dienone is 14. The van der Waals surface area contributed by atoms with Gasteiger partial charge in [-0.25, -0.2) is 4.79 Å². The number of carboxylic acid groups (broad SMARTS) is 1. The first kappa shape index (κ1) is 72.9. The number of aliphatic hydroxyl groups is 2. The lowest BCUT2D eigenvalue weighted by atomic mass is 9.98. The van der Waals surface area contributed by atoms with Crippen LogP contribution in [0.4, 0.5) is 0 Å². The molecule has 1 aliphatic rings. The zero-order chi connectivity index (χ0) is 57.5. The Hall–Kier alpha value is -4.10. The van der Waals surface area contributed by atoms with Gasteiger partial charge in [0.2, 0.25) is 0 Å². The number of aliphatic carboxylic acids is 1. The Morgan fingerprint density at radius 1 is 0.418 bits per heavy atom. The molecule has 12 heteroatoms. The van der Waals surface area contributed by atoms with Gasteiger partial charge in [-0.3, -0.25) is 14.4 Å². The second-order valence-electron chi connectivity index (χ2n) is 21.3. The van der Waals surface area contributed by atoms with E-state index in [1.165, 1.54) is 64.2 Å². The van der Waals surface area contributed by atoms with Crippen LogP contribution in [0.5, 0.6) is 0 Å². The van der Waals surface area contributed by atoms with Crippen molar-refractivity contribution in [3.8, 4) is 0 Å². The Kier molecular flexibility index (Phi) is 50.3. The van der Waals surface area contributed by atoms with Gasteiger partial charge < -0.3 is 39.0 Å². The topological polar surface area (TPSA) is 175 Å². The van der Waals surface area contributed by atoms with Crippen LogP contribution in [0.1, 0.15) is 265 Å². The predicted molar refractivity (Wildman–Crippen MR) is 321 cm³/mol. The molecule has 3 N–H and O–H groups in total. The Morgan fingerprint density at radius 3 is 1.20 bits per heavy atom. The summed E-state index contributed by atoms with van der Waals surface area (Å²) < 4.78 is 28.5. The zero-order valence-corrected chi connectivity index (χ0v) is 49.8. The van der Waals surface area contributed by atoms with Crippen molar-refractivity contribution in [1.82, 2.24) is 0 Å². The molecule has 452 valence electrons. The monoisotopic (exact) mass is 1110 g/mol. The van der Waals surface area contributed by atoms with Crippen molar-refractivity contribution in [3.05, 3.63) is 85.1 Å². The van der Waals surface area contributed by atoms with Crippen LogP contribution in [-0.4, -0.2) is 89.2 Å². The van der Waals surface area contributed by atoms with E-state index in [2.05, 4.69) is 106 Å². The highest BCUT2D eigenvalue weighted by Gasteiger charge is 2.50. The summed E-state index contributed by atoms with van der Waals surface area (Å²) in [4.78, 5) is 51.2. The molecule has 0 bridgehead atoms. The average Bonchev–Trinajstić information content (AvgIpc) is 3.43. The molecule has 0 amide bonds. The SMILES string of the molecule is CCC/C=C\C/C=C\CCCCCCCC(=O)OC(COC(=O)CCCCCCCCC/C=C\C/C=C\CCCCC)COC1OC(C(=O)O)C(O)C(O)C1OC(=O)CCCCCCCC/C=C\C/C=C\C/C=C\CCCCC. The predicted octanol–water partition coefficient (Wildman–Crippen LogP) is 16.7. The van der Waals surface area contributed by atoms with Gasteiger partial charge in [-0.1, -0.05) is 215 Å². The standard InChI is InChI=1S/C67H112O12/c1-4-7-10-13-16-19-22-25-27-29-30-32-34-37-40-43-46-49-52-55-61(70)78-65-63(72)62(71)64(66(73)74)79-67(65)76-57-58(77-60(69)54-51-48-45-42-39-35-24-21-18-15-12-9-6-3)56-75-59(68)53-50-47-44-41-38-36-33-31-28-26-23-20-17-14-11-8-5-2/h12,15-17,19-21,24-28,30,32,58,62-65,67,71-72H,4-11,13-14,18,22-23,29,31,33-57H2,1-3H3,(H,73,74)/b15-12-,19-16-,20-17-,24-21-,27-25-,28-26-,32-30-. The molecule has 0 aliphatic carbocycles. The minimum atomic E-state index is -1.91. The van der Waals surface area contributed by atoms with E-state index in [0.717, 1.165) is 141 Å². The number of carbonyl (C=O) groups excluding carboxylic acids is 3. The quantitative estimate of drug-likeness (QED) is 0.0228. The number of aliphatic hydroxyl groups excluding tert-OH is 2. The maximum atomic E-state index is 13.2. The molecule has 0 aromatic heterocycles. The van der Waals surface area contributed by atoms with Crippen molar-refractivity contribution < 1.29 is 58.2 Å². The maximum Gasteiger partial charge on any atom is 0.335 e. The first-order chi connectivity index (χ1) is 38.6. The molecule has 0 spiro atoms. The number of carbonyl (C=O) groups is 4. The third kappa shape index (κ3) is 44.3. The fourth-order valence-electron chi connectivity index (χ4n) is 9.03. The summed E-state index contributed by atoms with van der Waals surface area (Å²) in [5, 5.41) is 31.6. The lowest BCUT2D eigenvalue weighted by Crippen LogP contribution is -2.61. The summed E-state index contributed by atoms with van der Waals surface area (Å²) in [6, 6.07) is 0. The van der Waals surface area contributed by atoms with E-state index in [1.807, 2.05) is 0 Å². The third-order valence-electron chi connectivity index (χ3n) is 13.9. The number of carboxylic acids is 1. The van der Waals surface area contributed by atoms with E-state index in [1.54, 1.807) is 0 Å². The zero-order valence-electron chi connectivity index (χ0n) is 49.8. The summed E-state index contributed by atoms with van der Waals surface area (Å²) >= 11 is 0. The molecule has 12 nitrogen and oxygen atoms in total. The molecule has 0 aromatic rings. The summed E-state index contributed by atoms with van der Waals surface area (Å²) in [7, 11) is 0. The van der Waals surface area contributed by atoms with E-state index < -0.39 is 67.3 Å². The molecule has 0 radical (unpaired) electrons. The highest BCUT2D eigenvalue weighted by molar-refractivity contribution is 5.74. The molecule has 1 heterocycles. The first-order valence-corrected chi connectivity index (χ1v) is 31.6. The maximum absolute atomic E-state index is 13.2. The summed E-state index contributed by atoms with van der Waals surface area (Å²) in [5.74, 6) is -3.16. The van der Waals surface area contributed by atoms with Crippen molar-refractivity contribution >= 4 is 23.9 Å². The molecule has 0 saturated carbocycles. The van der Waals surface area contributed by atoms with E-state index in [-0.39, 0.29) is 25.9 Å². The lowest BCUT2D eigenvalue weighted by Gasteiger charge is -2.40. The van der Waals surface area contributed by atoms with Gasteiger partial charge in [-0.05, 0) is 116 Å². The second kappa shape index (κ2) is 54.5. The van der Waals surface area contributed by atoms with E-state index in [4.69, 9.17) is 23.7 Å². The van der Waals surface area contributed by atoms with Crippen LogP contribution in [-0.2, 0) is 42.9 Å². The number of ether oxygens (including phenoxy) is 5. The molecular formula is C67H112O12. The average molecular weight is 1110 g/mol. The Balaban J connectivity index is 2.67. The molecule has 1 rings (SSSR count). The molecule has 1 saturated heterocycles. The Labute approximate surface area is 480 Å². The minimum absolute atomic E-state index is 0.0408. The van der Waals surface area contributed by atoms with Gasteiger partial charge in [0.15, 0.2) is 24.6 Å². The van der Waals surface area contributed by atoms with E-state index in [0.29, 0.717) is 19.3 Å². The van der Waals surface area contributed by atoms with E-state index in [9.17, 15) is 34.5 Å². The van der Waals surface area contributed by atoms with Gasteiger partial charge in [0, 0.05) is 19.3 Å². The minimum Gasteiger partial charge on any atom is -0.479 e. The molecular weight excluding hydrogens is 997 g/mol. The van der Waals surface area contributed by atoms with Crippen LogP contribution in [0.15, 0.2) is 85.1 Å². The Morgan fingerprint density at radius 2 is 0.785 bits per heavy atom. The van der Waals surface area contributed by atoms with Crippen LogP contribution in [0.3, 0.4) is 0 Å². The number of rotatable bonds is 53. The lowest BCUT2D eigenvalue weighted by molar-refractivity contribution is -0.301. The van der Waals surface area contributed by atoms with E-state index >= 15 is 0 Å².